The molecule has 1 saturated heterocycles. The maximum absolute atomic E-state index is 13.5. The van der Waals surface area contributed by atoms with Crippen LogP contribution in [0.1, 0.15) is 16.8 Å². The molecule has 1 aromatic rings. The normalized spacial score (nSPS) is 19.2. The van der Waals surface area contributed by atoms with Crippen molar-refractivity contribution in [2.24, 2.45) is 5.73 Å². The van der Waals surface area contributed by atoms with Gasteiger partial charge in [-0.2, -0.15) is 0 Å². The van der Waals surface area contributed by atoms with Gasteiger partial charge in [0.1, 0.15) is 6.10 Å². The summed E-state index contributed by atoms with van der Waals surface area (Å²) in [5.74, 6) is -1.35. The Morgan fingerprint density at radius 2 is 2.29 bits per heavy atom. The molecular weight excluding hydrogens is 227 g/mol. The molecule has 0 radical (unpaired) electrons. The van der Waals surface area contributed by atoms with E-state index in [4.69, 9.17) is 20.9 Å². The first-order valence-electron chi connectivity index (χ1n) is 5.21. The van der Waals surface area contributed by atoms with Crippen molar-refractivity contribution < 1.29 is 18.7 Å². The summed E-state index contributed by atoms with van der Waals surface area (Å²) < 4.78 is 24.0. The molecule has 6 heteroatoms. The van der Waals surface area contributed by atoms with E-state index in [0.717, 1.165) is 6.07 Å². The van der Waals surface area contributed by atoms with Crippen molar-refractivity contribution >= 4 is 11.6 Å². The highest BCUT2D eigenvalue weighted by Crippen LogP contribution is 2.26. The standard InChI is InChI=1S/C11H13FN2O3/c12-8-4-9(13)7(11(14)15)3-10(8)17-6-1-2-16-5-6/h3-4,6H,1-2,5,13H2,(H2,14,15). The maximum Gasteiger partial charge on any atom is 0.250 e. The minimum absolute atomic E-state index is 0.00465. The van der Waals surface area contributed by atoms with Crippen LogP contribution in [-0.2, 0) is 4.74 Å². The molecule has 1 aromatic carbocycles. The van der Waals surface area contributed by atoms with Gasteiger partial charge >= 0.3 is 0 Å². The summed E-state index contributed by atoms with van der Waals surface area (Å²) in [4.78, 5) is 11.1. The van der Waals surface area contributed by atoms with Gasteiger partial charge in [-0.1, -0.05) is 0 Å². The van der Waals surface area contributed by atoms with Crippen LogP contribution >= 0.6 is 0 Å². The van der Waals surface area contributed by atoms with Crippen molar-refractivity contribution in [3.8, 4) is 5.75 Å². The summed E-state index contributed by atoms with van der Waals surface area (Å²) in [7, 11) is 0. The number of rotatable bonds is 3. The molecule has 1 amide bonds. The van der Waals surface area contributed by atoms with Gasteiger partial charge in [-0.15, -0.1) is 0 Å². The van der Waals surface area contributed by atoms with Crippen molar-refractivity contribution in [1.29, 1.82) is 0 Å². The molecule has 2 rings (SSSR count). The largest absolute Gasteiger partial charge is 0.485 e. The van der Waals surface area contributed by atoms with Crippen LogP contribution in [0.15, 0.2) is 12.1 Å². The van der Waals surface area contributed by atoms with Crippen LogP contribution in [0.25, 0.3) is 0 Å². The Labute approximate surface area is 97.5 Å². The van der Waals surface area contributed by atoms with Gasteiger partial charge in [0.25, 0.3) is 5.91 Å². The lowest BCUT2D eigenvalue weighted by Gasteiger charge is -2.14. The molecule has 0 bridgehead atoms. The van der Waals surface area contributed by atoms with Crippen molar-refractivity contribution in [2.75, 3.05) is 18.9 Å². The topological polar surface area (TPSA) is 87.6 Å². The molecule has 5 nitrogen and oxygen atoms in total. The van der Waals surface area contributed by atoms with Crippen LogP contribution in [0, 0.1) is 5.82 Å². The fraction of sp³-hybridized carbons (Fsp3) is 0.364. The SMILES string of the molecule is NC(=O)c1cc(OC2CCOC2)c(F)cc1N. The summed E-state index contributed by atoms with van der Waals surface area (Å²) >= 11 is 0. The number of hydrogen-bond donors (Lipinski definition) is 2. The molecule has 1 atom stereocenters. The Kier molecular flexibility index (Phi) is 3.14. The van der Waals surface area contributed by atoms with Crippen LogP contribution in [0.4, 0.5) is 10.1 Å². The number of anilines is 1. The zero-order chi connectivity index (χ0) is 12.4. The van der Waals surface area contributed by atoms with E-state index in [9.17, 15) is 9.18 Å². The fourth-order valence-corrected chi connectivity index (χ4v) is 1.66. The van der Waals surface area contributed by atoms with Gasteiger partial charge < -0.3 is 20.9 Å². The van der Waals surface area contributed by atoms with Crippen molar-refractivity contribution in [2.45, 2.75) is 12.5 Å². The molecule has 4 N–H and O–H groups in total. The van der Waals surface area contributed by atoms with Crippen LogP contribution in [0.3, 0.4) is 0 Å². The molecule has 1 aliphatic rings. The van der Waals surface area contributed by atoms with Crippen LogP contribution in [-0.4, -0.2) is 25.2 Å². The Morgan fingerprint density at radius 3 is 2.88 bits per heavy atom. The zero-order valence-electron chi connectivity index (χ0n) is 9.11. The Balaban J connectivity index is 2.26. The fourth-order valence-electron chi connectivity index (χ4n) is 1.66. The average molecular weight is 240 g/mol. The number of carbonyl (C=O) groups is 1. The van der Waals surface area contributed by atoms with E-state index in [1.54, 1.807) is 0 Å². The predicted octanol–water partition coefficient (Wildman–Crippen LogP) is 0.674. The number of amides is 1. The predicted molar refractivity (Wildman–Crippen MR) is 59.2 cm³/mol. The van der Waals surface area contributed by atoms with Crippen molar-refractivity contribution in [3.05, 3.63) is 23.5 Å². The molecule has 1 heterocycles. The van der Waals surface area contributed by atoms with Gasteiger partial charge in [0.05, 0.1) is 18.8 Å². The molecule has 1 aliphatic heterocycles. The third-order valence-corrected chi connectivity index (χ3v) is 2.55. The van der Waals surface area contributed by atoms with E-state index in [1.165, 1.54) is 6.07 Å². The zero-order valence-corrected chi connectivity index (χ0v) is 9.11. The second kappa shape index (κ2) is 4.58. The Bertz CT molecular complexity index is 445. The van der Waals surface area contributed by atoms with Crippen LogP contribution in [0.5, 0.6) is 5.75 Å². The maximum atomic E-state index is 13.5. The van der Waals surface area contributed by atoms with E-state index in [1.807, 2.05) is 0 Å². The highest BCUT2D eigenvalue weighted by atomic mass is 19.1. The number of ether oxygens (including phenoxy) is 2. The lowest BCUT2D eigenvalue weighted by atomic mass is 10.1. The first-order valence-corrected chi connectivity index (χ1v) is 5.21. The van der Waals surface area contributed by atoms with E-state index in [0.29, 0.717) is 19.6 Å². The third kappa shape index (κ3) is 2.47. The van der Waals surface area contributed by atoms with Gasteiger partial charge in [-0.25, -0.2) is 4.39 Å². The summed E-state index contributed by atoms with van der Waals surface area (Å²) in [6, 6.07) is 2.26. The van der Waals surface area contributed by atoms with Crippen molar-refractivity contribution in [1.82, 2.24) is 0 Å². The summed E-state index contributed by atoms with van der Waals surface area (Å²) in [5, 5.41) is 0. The summed E-state index contributed by atoms with van der Waals surface area (Å²) in [6.07, 6.45) is 0.490. The van der Waals surface area contributed by atoms with Gasteiger partial charge in [0.2, 0.25) is 0 Å². The number of primary amides is 1. The van der Waals surface area contributed by atoms with E-state index in [2.05, 4.69) is 0 Å². The molecule has 92 valence electrons. The van der Waals surface area contributed by atoms with Gasteiger partial charge in [-0.05, 0) is 6.07 Å². The van der Waals surface area contributed by atoms with Crippen LogP contribution in [0.2, 0.25) is 0 Å². The Hall–Kier alpha value is -1.82. The number of halogens is 1. The van der Waals surface area contributed by atoms with E-state index in [-0.39, 0.29) is 23.1 Å². The molecule has 0 spiro atoms. The first kappa shape index (κ1) is 11.7. The molecule has 1 fully saturated rings. The highest BCUT2D eigenvalue weighted by Gasteiger charge is 2.20. The molecule has 1 unspecified atom stereocenters. The molecular formula is C11H13FN2O3. The van der Waals surface area contributed by atoms with E-state index < -0.39 is 11.7 Å². The third-order valence-electron chi connectivity index (χ3n) is 2.55. The number of nitrogens with two attached hydrogens (primary N) is 2. The molecule has 0 saturated carbocycles. The van der Waals surface area contributed by atoms with Gasteiger partial charge in [0, 0.05) is 18.2 Å². The molecule has 0 aromatic heterocycles. The second-order valence-electron chi connectivity index (χ2n) is 3.84. The van der Waals surface area contributed by atoms with Gasteiger partial charge in [-0.3, -0.25) is 4.79 Å². The van der Waals surface area contributed by atoms with Gasteiger partial charge in [0.15, 0.2) is 11.6 Å². The lowest BCUT2D eigenvalue weighted by molar-refractivity contribution is 0.0999. The average Bonchev–Trinajstić information content (AvgIpc) is 2.74. The quantitative estimate of drug-likeness (QED) is 0.760. The van der Waals surface area contributed by atoms with E-state index >= 15 is 0 Å². The number of nitrogen functional groups attached to an aromatic ring is 1. The molecule has 17 heavy (non-hydrogen) atoms. The first-order chi connectivity index (χ1) is 8.08. The number of benzene rings is 1. The number of hydrogen-bond acceptors (Lipinski definition) is 4. The summed E-state index contributed by atoms with van der Waals surface area (Å²) in [5.41, 5.74) is 10.7. The second-order valence-corrected chi connectivity index (χ2v) is 3.84. The smallest absolute Gasteiger partial charge is 0.250 e. The molecule has 0 aliphatic carbocycles. The minimum Gasteiger partial charge on any atom is -0.485 e. The monoisotopic (exact) mass is 240 g/mol. The minimum atomic E-state index is -0.713. The van der Waals surface area contributed by atoms with Crippen LogP contribution < -0.4 is 16.2 Å². The number of carbonyl (C=O) groups excluding carboxylic acids is 1. The van der Waals surface area contributed by atoms with Crippen molar-refractivity contribution in [3.63, 3.8) is 0 Å². The Morgan fingerprint density at radius 1 is 1.53 bits per heavy atom. The highest BCUT2D eigenvalue weighted by molar-refractivity contribution is 5.98. The summed E-state index contributed by atoms with van der Waals surface area (Å²) in [6.45, 7) is 1.000. The lowest BCUT2D eigenvalue weighted by Crippen LogP contribution is -2.18.